The average Bonchev–Trinajstić information content (AvgIpc) is 4.10. The number of likely N-dealkylation sites (N-methyl/N-ethyl adjacent to an activating group) is 2. The first-order chi connectivity index (χ1) is 37.7. The van der Waals surface area contributed by atoms with Crippen LogP contribution in [0.4, 0.5) is 10.1 Å². The summed E-state index contributed by atoms with van der Waals surface area (Å²) >= 11 is 0. The van der Waals surface area contributed by atoms with E-state index in [4.69, 9.17) is 42.6 Å². The number of carbonyl (C=O) groups excluding carboxylic acids is 1. The second kappa shape index (κ2) is 26.9. The highest BCUT2D eigenvalue weighted by atomic mass is 19.1. The summed E-state index contributed by atoms with van der Waals surface area (Å²) in [4.78, 5) is 20.8. The molecule has 5 N–H and O–H groups in total. The smallest absolute Gasteiger partial charge is 0.311 e. The number of hydrogen-bond donors (Lipinski definition) is 5. The molecule has 5 aliphatic rings. The summed E-state index contributed by atoms with van der Waals surface area (Å²) < 4.78 is 72.8. The van der Waals surface area contributed by atoms with E-state index in [0.717, 1.165) is 37.2 Å². The molecule has 1 spiro atoms. The van der Waals surface area contributed by atoms with Crippen molar-refractivity contribution in [2.75, 3.05) is 79.3 Å². The number of anilines is 1. The summed E-state index contributed by atoms with van der Waals surface area (Å²) in [5.41, 5.74) is -2.12. The van der Waals surface area contributed by atoms with Gasteiger partial charge in [-0.25, -0.2) is 9.07 Å². The molecule has 5 saturated heterocycles. The molecule has 5 fully saturated rings. The first kappa shape index (κ1) is 64.5. The van der Waals surface area contributed by atoms with E-state index >= 15 is 4.39 Å². The standard InChI is InChI=1S/C58H97FN6O15/c1-15-45-57(10,71)50(67)38(6)63(12)32-34(2)29-55(8,70)52(36(4)48(37(5)53(69)78-45)79-46-30-56(9,73-14)51(68)39(7)77-46)80-54-47(66)43(28-35(3)76-54)62(11)23-20-41-33-65(61-60-41)44(31-59)49(72-13)40-16-18-42(19-17-40)64-24-21-58(22-25-64)74-26-27-75-58/h16-19,33-39,43-52,54,66-68,70-71H,15,20-32H2,1-14H3/t34-,35-,36+,37-,38-,39+,43+,44-,45-,46+,47-,48+,49-,50-,51+,52-,54+,55-,56-,57-/m1/s1. The fourth-order valence-corrected chi connectivity index (χ4v) is 13.3. The van der Waals surface area contributed by atoms with E-state index in [1.54, 1.807) is 61.8 Å². The number of aliphatic hydroxyl groups excluding tert-OH is 3. The van der Waals surface area contributed by atoms with Gasteiger partial charge < -0.3 is 82.9 Å². The molecule has 1 aromatic carbocycles. The van der Waals surface area contributed by atoms with Gasteiger partial charge in [0.05, 0.1) is 60.4 Å². The summed E-state index contributed by atoms with van der Waals surface area (Å²) in [5, 5.41) is 68.8. The van der Waals surface area contributed by atoms with Crippen molar-refractivity contribution >= 4 is 11.7 Å². The minimum absolute atomic E-state index is 0.0837. The van der Waals surface area contributed by atoms with Crippen molar-refractivity contribution in [3.8, 4) is 0 Å². The third-order valence-electron chi connectivity index (χ3n) is 18.4. The number of nitrogens with zero attached hydrogens (tertiary/aromatic N) is 6. The Hall–Kier alpha value is -3.04. The number of aromatic nitrogens is 3. The molecule has 80 heavy (non-hydrogen) atoms. The van der Waals surface area contributed by atoms with Gasteiger partial charge in [-0.05, 0) is 105 Å². The van der Waals surface area contributed by atoms with Gasteiger partial charge >= 0.3 is 5.97 Å². The molecule has 456 valence electrons. The van der Waals surface area contributed by atoms with Gasteiger partial charge in [-0.1, -0.05) is 38.1 Å². The Morgan fingerprint density at radius 3 is 2.20 bits per heavy atom. The Morgan fingerprint density at radius 1 is 0.925 bits per heavy atom. The monoisotopic (exact) mass is 1140 g/mol. The molecule has 5 aliphatic heterocycles. The maximum absolute atomic E-state index is 15.1. The zero-order chi connectivity index (χ0) is 58.6. The quantitative estimate of drug-likeness (QED) is 0.147. The van der Waals surface area contributed by atoms with Crippen LogP contribution in [0.3, 0.4) is 0 Å². The maximum atomic E-state index is 15.1. The lowest BCUT2D eigenvalue weighted by molar-refractivity contribution is -0.318. The van der Waals surface area contributed by atoms with Gasteiger partial charge in [0.25, 0.3) is 0 Å². The lowest BCUT2D eigenvalue weighted by atomic mass is 9.77. The molecular formula is C58H97FN6O15. The van der Waals surface area contributed by atoms with Crippen molar-refractivity contribution in [1.82, 2.24) is 24.8 Å². The first-order valence-corrected chi connectivity index (χ1v) is 29.1. The zero-order valence-electron chi connectivity index (χ0n) is 50.0. The summed E-state index contributed by atoms with van der Waals surface area (Å²) in [6.45, 7) is 20.4. The van der Waals surface area contributed by atoms with Gasteiger partial charge in [0.1, 0.15) is 48.8 Å². The molecule has 2 aromatic rings. The molecule has 22 heteroatoms. The summed E-state index contributed by atoms with van der Waals surface area (Å²) in [5.74, 6) is -3.35. The van der Waals surface area contributed by atoms with Crippen LogP contribution in [0.25, 0.3) is 0 Å². The molecule has 0 unspecified atom stereocenters. The number of hydrogen-bond acceptors (Lipinski definition) is 20. The van der Waals surface area contributed by atoms with Crippen LogP contribution in [0.1, 0.15) is 131 Å². The topological polar surface area (TPSA) is 242 Å². The van der Waals surface area contributed by atoms with Crippen LogP contribution in [0.15, 0.2) is 30.5 Å². The van der Waals surface area contributed by atoms with Gasteiger partial charge in [-0.15, -0.1) is 5.10 Å². The SMILES string of the molecule is CC[C@H]1OC(=O)[C@H](C)[C@@H](O[C@H]2C[C@@](C)(OC)[C@@H](O)[C@H](C)O2)[C@H](C)[C@@H](O[C@@H]2O[C@H](C)C[C@H](N(C)CCc3cn([C@H](CF)[C@H](OC)c4ccc(N5CCC6(CC5)OCCO6)cc4)nn3)[C@H]2O)[C@](C)(O)C[C@@H](C)CN(C)[C@H](C)[C@@H](O)[C@]1(C)O. The predicted octanol–water partition coefficient (Wildman–Crippen LogP) is 4.35. The molecule has 20 atom stereocenters. The first-order valence-electron chi connectivity index (χ1n) is 29.1. The summed E-state index contributed by atoms with van der Waals surface area (Å²) in [6.07, 6.45) is -6.40. The minimum atomic E-state index is -1.85. The Kier molecular flexibility index (Phi) is 21.7. The number of methoxy groups -OCH3 is 2. The lowest BCUT2D eigenvalue weighted by Gasteiger charge is -2.49. The molecule has 21 nitrogen and oxygen atoms in total. The second-order valence-electron chi connectivity index (χ2n) is 24.7. The zero-order valence-corrected chi connectivity index (χ0v) is 50.0. The molecule has 6 heterocycles. The van der Waals surface area contributed by atoms with E-state index in [-0.39, 0.29) is 25.2 Å². The third-order valence-corrected chi connectivity index (χ3v) is 18.4. The highest BCUT2D eigenvalue weighted by Crippen LogP contribution is 2.41. The molecule has 0 saturated carbocycles. The van der Waals surface area contributed by atoms with Crippen molar-refractivity contribution in [3.05, 3.63) is 41.7 Å². The van der Waals surface area contributed by atoms with E-state index in [0.29, 0.717) is 44.8 Å². The van der Waals surface area contributed by atoms with Crippen LogP contribution in [0.5, 0.6) is 0 Å². The normalized spacial score (nSPS) is 39.9. The van der Waals surface area contributed by atoms with Crippen LogP contribution >= 0.6 is 0 Å². The predicted molar refractivity (Wildman–Crippen MR) is 294 cm³/mol. The molecule has 7 rings (SSSR count). The van der Waals surface area contributed by atoms with Crippen LogP contribution in [-0.2, 0) is 53.8 Å². The molecule has 0 aliphatic carbocycles. The van der Waals surface area contributed by atoms with Crippen molar-refractivity contribution in [2.45, 2.75) is 222 Å². The van der Waals surface area contributed by atoms with Crippen LogP contribution in [0, 0.1) is 17.8 Å². The molecule has 0 radical (unpaired) electrons. The number of benzene rings is 1. The average molecular weight is 1140 g/mol. The minimum Gasteiger partial charge on any atom is -0.459 e. The molecule has 0 amide bonds. The highest BCUT2D eigenvalue weighted by Gasteiger charge is 2.53. The third kappa shape index (κ3) is 14.4. The second-order valence-corrected chi connectivity index (χ2v) is 24.7. The number of ether oxygens (including phenoxy) is 9. The van der Waals surface area contributed by atoms with Crippen LogP contribution in [-0.4, -0.2) is 227 Å². The Bertz CT molecular complexity index is 2250. The van der Waals surface area contributed by atoms with Crippen LogP contribution in [0.2, 0.25) is 0 Å². The largest absolute Gasteiger partial charge is 0.459 e. The summed E-state index contributed by atoms with van der Waals surface area (Å²) in [6, 6.07) is 6.13. The van der Waals surface area contributed by atoms with Gasteiger partial charge in [0, 0.05) is 96.0 Å². The Balaban J connectivity index is 1.09. The number of cyclic esters (lactones) is 1. The number of halogens is 1. The molecule has 0 bridgehead atoms. The van der Waals surface area contributed by atoms with E-state index < -0.39 is 133 Å². The van der Waals surface area contributed by atoms with E-state index in [2.05, 4.69) is 15.2 Å². The number of piperidine rings is 1. The van der Waals surface area contributed by atoms with Crippen molar-refractivity contribution in [2.24, 2.45) is 17.8 Å². The van der Waals surface area contributed by atoms with Gasteiger partial charge in [-0.3, -0.25) is 4.79 Å². The van der Waals surface area contributed by atoms with Crippen molar-refractivity contribution in [1.29, 1.82) is 0 Å². The van der Waals surface area contributed by atoms with Gasteiger partial charge in [0.15, 0.2) is 18.4 Å². The van der Waals surface area contributed by atoms with E-state index in [1.165, 1.54) is 18.7 Å². The lowest BCUT2D eigenvalue weighted by Crippen LogP contribution is -2.61. The highest BCUT2D eigenvalue weighted by molar-refractivity contribution is 5.73. The van der Waals surface area contributed by atoms with Crippen molar-refractivity contribution in [3.63, 3.8) is 0 Å². The Labute approximate surface area is 473 Å². The fraction of sp³-hybridized carbons (Fsp3) is 0.845. The maximum Gasteiger partial charge on any atom is 0.311 e. The fourth-order valence-electron chi connectivity index (χ4n) is 13.3. The van der Waals surface area contributed by atoms with E-state index in [1.807, 2.05) is 62.0 Å². The number of alkyl halides is 1. The van der Waals surface area contributed by atoms with Crippen LogP contribution < -0.4 is 4.90 Å². The van der Waals surface area contributed by atoms with Gasteiger partial charge in [-0.2, -0.15) is 0 Å². The van der Waals surface area contributed by atoms with E-state index in [9.17, 15) is 30.3 Å². The molecular weight excluding hydrogens is 1040 g/mol. The Morgan fingerprint density at radius 2 is 1.59 bits per heavy atom. The number of rotatable bonds is 16. The molecule has 1 aromatic heterocycles. The number of aliphatic hydroxyl groups is 5. The summed E-state index contributed by atoms with van der Waals surface area (Å²) in [7, 11) is 6.79. The van der Waals surface area contributed by atoms with Crippen molar-refractivity contribution < 1.29 is 77.3 Å². The van der Waals surface area contributed by atoms with Gasteiger partial charge in [0.2, 0.25) is 0 Å². The number of carbonyl (C=O) groups is 1. The number of esters is 1.